The van der Waals surface area contributed by atoms with Gasteiger partial charge in [0, 0.05) is 4.88 Å². The van der Waals surface area contributed by atoms with E-state index in [-0.39, 0.29) is 6.04 Å². The summed E-state index contributed by atoms with van der Waals surface area (Å²) in [6.45, 7) is 4.18. The van der Waals surface area contributed by atoms with Crippen molar-refractivity contribution in [2.24, 2.45) is 0 Å². The average molecular weight is 340 g/mol. The molecule has 2 aromatic rings. The summed E-state index contributed by atoms with van der Waals surface area (Å²) >= 11 is 5.28. The van der Waals surface area contributed by atoms with E-state index in [1.807, 2.05) is 7.05 Å². The average Bonchev–Trinajstić information content (AvgIpc) is 2.76. The lowest BCUT2D eigenvalue weighted by atomic mass is 9.99. The Labute approximate surface area is 126 Å². The summed E-state index contributed by atoms with van der Waals surface area (Å²) in [5, 5.41) is 3.39. The minimum Gasteiger partial charge on any atom is -0.496 e. The molecule has 0 spiro atoms. The van der Waals surface area contributed by atoms with Crippen LogP contribution in [0.5, 0.6) is 5.75 Å². The molecule has 1 atom stereocenters. The van der Waals surface area contributed by atoms with Crippen LogP contribution in [0.3, 0.4) is 0 Å². The van der Waals surface area contributed by atoms with Gasteiger partial charge in [-0.05, 0) is 65.6 Å². The first-order chi connectivity index (χ1) is 9.06. The highest BCUT2D eigenvalue weighted by Crippen LogP contribution is 2.34. The summed E-state index contributed by atoms with van der Waals surface area (Å²) in [6.07, 6.45) is 0. The first-order valence-electron chi connectivity index (χ1n) is 6.14. The van der Waals surface area contributed by atoms with E-state index in [4.69, 9.17) is 4.74 Å². The van der Waals surface area contributed by atoms with E-state index >= 15 is 0 Å². The Morgan fingerprint density at radius 3 is 2.26 bits per heavy atom. The van der Waals surface area contributed by atoms with Crippen molar-refractivity contribution in [3.05, 3.63) is 49.6 Å². The van der Waals surface area contributed by atoms with Crippen LogP contribution in [0.4, 0.5) is 0 Å². The van der Waals surface area contributed by atoms with Crippen LogP contribution in [-0.4, -0.2) is 14.2 Å². The van der Waals surface area contributed by atoms with Gasteiger partial charge in [0.15, 0.2) is 0 Å². The first-order valence-corrected chi connectivity index (χ1v) is 7.75. The second-order valence-electron chi connectivity index (χ2n) is 4.55. The Hall–Kier alpha value is -0.840. The molecule has 0 radical (unpaired) electrons. The maximum absolute atomic E-state index is 5.43. The Kier molecular flexibility index (Phi) is 4.66. The van der Waals surface area contributed by atoms with Gasteiger partial charge in [-0.1, -0.05) is 12.1 Å². The Morgan fingerprint density at radius 2 is 1.84 bits per heavy atom. The molecule has 1 unspecified atom stereocenters. The van der Waals surface area contributed by atoms with Gasteiger partial charge in [-0.2, -0.15) is 0 Å². The van der Waals surface area contributed by atoms with Gasteiger partial charge in [0.25, 0.3) is 0 Å². The molecule has 2 nitrogen and oxygen atoms in total. The van der Waals surface area contributed by atoms with E-state index in [0.717, 1.165) is 9.54 Å². The maximum Gasteiger partial charge on any atom is 0.124 e. The topological polar surface area (TPSA) is 21.3 Å². The SMILES string of the molecule is CNC(c1cc(C)c(OC)c(C)c1)c1ccc(Br)s1. The number of rotatable bonds is 4. The number of hydrogen-bond donors (Lipinski definition) is 1. The highest BCUT2D eigenvalue weighted by molar-refractivity contribution is 9.11. The quantitative estimate of drug-likeness (QED) is 0.888. The maximum atomic E-state index is 5.43. The largest absolute Gasteiger partial charge is 0.496 e. The zero-order valence-electron chi connectivity index (χ0n) is 11.6. The van der Waals surface area contributed by atoms with Crippen LogP contribution in [0, 0.1) is 13.8 Å². The van der Waals surface area contributed by atoms with E-state index < -0.39 is 0 Å². The Bertz CT molecular complexity index is 556. The van der Waals surface area contributed by atoms with E-state index in [9.17, 15) is 0 Å². The van der Waals surface area contributed by atoms with Crippen molar-refractivity contribution in [2.75, 3.05) is 14.2 Å². The highest BCUT2D eigenvalue weighted by Gasteiger charge is 2.16. The van der Waals surface area contributed by atoms with Crippen molar-refractivity contribution >= 4 is 27.3 Å². The fraction of sp³-hybridized carbons (Fsp3) is 0.333. The summed E-state index contributed by atoms with van der Waals surface area (Å²) in [5.74, 6) is 0.978. The van der Waals surface area contributed by atoms with Crippen molar-refractivity contribution in [3.63, 3.8) is 0 Å². The van der Waals surface area contributed by atoms with E-state index in [1.165, 1.54) is 21.6 Å². The molecule has 19 heavy (non-hydrogen) atoms. The minimum absolute atomic E-state index is 0.222. The zero-order valence-corrected chi connectivity index (χ0v) is 14.0. The number of halogens is 1. The smallest absolute Gasteiger partial charge is 0.124 e. The molecule has 0 aliphatic rings. The predicted molar refractivity (Wildman–Crippen MR) is 85.4 cm³/mol. The molecule has 0 aliphatic heterocycles. The normalized spacial score (nSPS) is 12.5. The lowest BCUT2D eigenvalue weighted by Gasteiger charge is -2.18. The number of aryl methyl sites for hydroxylation is 2. The molecule has 0 fully saturated rings. The molecule has 1 aromatic carbocycles. The fourth-order valence-electron chi connectivity index (χ4n) is 2.43. The monoisotopic (exact) mass is 339 g/mol. The van der Waals surface area contributed by atoms with Crippen LogP contribution in [-0.2, 0) is 0 Å². The van der Waals surface area contributed by atoms with E-state index in [1.54, 1.807) is 18.4 Å². The lowest BCUT2D eigenvalue weighted by molar-refractivity contribution is 0.408. The van der Waals surface area contributed by atoms with Gasteiger partial charge >= 0.3 is 0 Å². The second kappa shape index (κ2) is 6.07. The third-order valence-electron chi connectivity index (χ3n) is 3.19. The summed E-state index contributed by atoms with van der Waals surface area (Å²) < 4.78 is 6.59. The van der Waals surface area contributed by atoms with Crippen LogP contribution in [0.15, 0.2) is 28.1 Å². The molecular weight excluding hydrogens is 322 g/mol. The lowest BCUT2D eigenvalue weighted by Crippen LogP contribution is -2.16. The molecule has 0 amide bonds. The van der Waals surface area contributed by atoms with Gasteiger partial charge in [0.1, 0.15) is 5.75 Å². The van der Waals surface area contributed by atoms with Crippen molar-refractivity contribution in [1.29, 1.82) is 0 Å². The molecule has 1 N–H and O–H groups in total. The van der Waals surface area contributed by atoms with Crippen LogP contribution in [0.1, 0.15) is 27.6 Å². The number of thiophene rings is 1. The van der Waals surface area contributed by atoms with Gasteiger partial charge < -0.3 is 10.1 Å². The van der Waals surface area contributed by atoms with Crippen LogP contribution >= 0.6 is 27.3 Å². The minimum atomic E-state index is 0.222. The Balaban J connectivity index is 2.44. The molecular formula is C15H18BrNOS. The molecule has 0 saturated heterocycles. The van der Waals surface area contributed by atoms with Crippen molar-refractivity contribution in [3.8, 4) is 5.75 Å². The van der Waals surface area contributed by atoms with Crippen LogP contribution < -0.4 is 10.1 Å². The third kappa shape index (κ3) is 3.02. The number of ether oxygens (including phenoxy) is 1. The van der Waals surface area contributed by atoms with Gasteiger partial charge in [0.05, 0.1) is 16.9 Å². The highest BCUT2D eigenvalue weighted by atomic mass is 79.9. The van der Waals surface area contributed by atoms with Gasteiger partial charge in [0.2, 0.25) is 0 Å². The summed E-state index contributed by atoms with van der Waals surface area (Å²) in [7, 11) is 3.72. The third-order valence-corrected chi connectivity index (χ3v) is 4.88. The molecule has 0 saturated carbocycles. The molecule has 4 heteroatoms. The zero-order chi connectivity index (χ0) is 14.0. The molecule has 102 valence electrons. The van der Waals surface area contributed by atoms with E-state index in [0.29, 0.717) is 0 Å². The molecule has 2 rings (SSSR count). The first kappa shape index (κ1) is 14.6. The van der Waals surface area contributed by atoms with Crippen LogP contribution in [0.2, 0.25) is 0 Å². The summed E-state index contributed by atoms with van der Waals surface area (Å²) in [6, 6.07) is 8.86. The van der Waals surface area contributed by atoms with E-state index in [2.05, 4.69) is 59.4 Å². The summed E-state index contributed by atoms with van der Waals surface area (Å²) in [5.41, 5.74) is 3.62. The number of hydrogen-bond acceptors (Lipinski definition) is 3. The Morgan fingerprint density at radius 1 is 1.21 bits per heavy atom. The predicted octanol–water partition coefficient (Wildman–Crippen LogP) is 4.44. The summed E-state index contributed by atoms with van der Waals surface area (Å²) in [4.78, 5) is 1.30. The number of benzene rings is 1. The second-order valence-corrected chi connectivity index (χ2v) is 7.05. The van der Waals surface area contributed by atoms with Gasteiger partial charge in [-0.3, -0.25) is 0 Å². The van der Waals surface area contributed by atoms with Gasteiger partial charge in [-0.15, -0.1) is 11.3 Å². The standard InChI is InChI=1S/C15H18BrNOS/c1-9-7-11(8-10(2)15(9)18-4)14(17-3)12-5-6-13(16)19-12/h5-8,14,17H,1-4H3. The number of nitrogens with one attached hydrogen (secondary N) is 1. The molecule has 0 aliphatic carbocycles. The van der Waals surface area contributed by atoms with Gasteiger partial charge in [-0.25, -0.2) is 0 Å². The molecule has 0 bridgehead atoms. The fourth-order valence-corrected chi connectivity index (χ4v) is 3.99. The van der Waals surface area contributed by atoms with Crippen molar-refractivity contribution in [2.45, 2.75) is 19.9 Å². The van der Waals surface area contributed by atoms with Crippen molar-refractivity contribution in [1.82, 2.24) is 5.32 Å². The molecule has 1 aromatic heterocycles. The molecule has 1 heterocycles. The number of methoxy groups -OCH3 is 1. The van der Waals surface area contributed by atoms with Crippen molar-refractivity contribution < 1.29 is 4.74 Å². The van der Waals surface area contributed by atoms with Crippen LogP contribution in [0.25, 0.3) is 0 Å².